The maximum Gasteiger partial charge on any atom is 0.225 e. The second-order valence-electron chi connectivity index (χ2n) is 5.72. The van der Waals surface area contributed by atoms with Crippen molar-refractivity contribution in [2.45, 2.75) is 13.8 Å². The number of hydrogen-bond acceptors (Lipinski definition) is 5. The molecule has 1 aliphatic heterocycles. The lowest BCUT2D eigenvalue weighted by Gasteiger charge is -2.36. The first-order chi connectivity index (χ1) is 10.6. The van der Waals surface area contributed by atoms with Crippen LogP contribution in [-0.2, 0) is 4.79 Å². The van der Waals surface area contributed by atoms with Gasteiger partial charge in [0.1, 0.15) is 5.69 Å². The van der Waals surface area contributed by atoms with E-state index >= 15 is 0 Å². The van der Waals surface area contributed by atoms with Crippen LogP contribution in [0.25, 0.3) is 11.5 Å². The molecule has 0 unspecified atom stereocenters. The Bertz CT molecular complexity index is 614. The number of hydrogen-bond donors (Lipinski definition) is 0. The molecule has 0 saturated carbocycles. The third kappa shape index (κ3) is 2.95. The van der Waals surface area contributed by atoms with E-state index in [0.29, 0.717) is 5.76 Å². The molecule has 116 valence electrons. The number of carbonyl (C=O) groups is 1. The van der Waals surface area contributed by atoms with Crippen LogP contribution in [0.4, 0.5) is 5.82 Å². The van der Waals surface area contributed by atoms with Crippen molar-refractivity contribution < 1.29 is 9.21 Å². The average Bonchev–Trinajstić information content (AvgIpc) is 3.09. The van der Waals surface area contributed by atoms with Crippen molar-refractivity contribution in [1.29, 1.82) is 0 Å². The van der Waals surface area contributed by atoms with E-state index in [4.69, 9.17) is 4.42 Å². The number of aromatic nitrogens is 2. The molecule has 3 rings (SSSR count). The Hall–Kier alpha value is -2.37. The largest absolute Gasteiger partial charge is 0.463 e. The summed E-state index contributed by atoms with van der Waals surface area (Å²) >= 11 is 0. The molecule has 2 aromatic heterocycles. The fourth-order valence-corrected chi connectivity index (χ4v) is 2.57. The summed E-state index contributed by atoms with van der Waals surface area (Å²) in [7, 11) is 0. The lowest BCUT2D eigenvalue weighted by atomic mass is 10.1. The second-order valence-corrected chi connectivity index (χ2v) is 5.72. The molecule has 3 heterocycles. The van der Waals surface area contributed by atoms with E-state index in [2.05, 4.69) is 15.1 Å². The van der Waals surface area contributed by atoms with Crippen molar-refractivity contribution in [3.05, 3.63) is 30.5 Å². The highest BCUT2D eigenvalue weighted by Crippen LogP contribution is 2.19. The Morgan fingerprint density at radius 1 is 1.14 bits per heavy atom. The zero-order valence-corrected chi connectivity index (χ0v) is 12.9. The van der Waals surface area contributed by atoms with Crippen LogP contribution in [0.2, 0.25) is 0 Å². The minimum Gasteiger partial charge on any atom is -0.463 e. The van der Waals surface area contributed by atoms with Gasteiger partial charge >= 0.3 is 0 Å². The molecule has 1 fully saturated rings. The quantitative estimate of drug-likeness (QED) is 0.868. The third-order valence-corrected chi connectivity index (χ3v) is 3.83. The lowest BCUT2D eigenvalue weighted by molar-refractivity contribution is -0.134. The van der Waals surface area contributed by atoms with E-state index in [0.717, 1.165) is 37.7 Å². The van der Waals surface area contributed by atoms with Crippen LogP contribution >= 0.6 is 0 Å². The van der Waals surface area contributed by atoms with Gasteiger partial charge in [-0.3, -0.25) is 4.79 Å². The molecule has 2 aromatic rings. The van der Waals surface area contributed by atoms with Gasteiger partial charge in [0, 0.05) is 32.1 Å². The van der Waals surface area contributed by atoms with E-state index in [1.54, 1.807) is 6.26 Å². The fourth-order valence-electron chi connectivity index (χ4n) is 2.57. The average molecular weight is 300 g/mol. The van der Waals surface area contributed by atoms with Gasteiger partial charge in [-0.25, -0.2) is 0 Å². The summed E-state index contributed by atoms with van der Waals surface area (Å²) in [5.74, 6) is 1.83. The Kier molecular flexibility index (Phi) is 4.09. The molecule has 0 aromatic carbocycles. The molecule has 0 atom stereocenters. The summed E-state index contributed by atoms with van der Waals surface area (Å²) in [6.07, 6.45) is 1.62. The normalized spacial score (nSPS) is 15.4. The molecule has 0 spiro atoms. The molecule has 1 saturated heterocycles. The van der Waals surface area contributed by atoms with Gasteiger partial charge in [0.25, 0.3) is 0 Å². The molecule has 0 aliphatic carbocycles. The van der Waals surface area contributed by atoms with Crippen molar-refractivity contribution in [3.63, 3.8) is 0 Å². The Morgan fingerprint density at radius 3 is 2.45 bits per heavy atom. The Balaban J connectivity index is 1.63. The summed E-state index contributed by atoms with van der Waals surface area (Å²) < 4.78 is 5.31. The van der Waals surface area contributed by atoms with Crippen LogP contribution in [-0.4, -0.2) is 47.2 Å². The molecule has 0 N–H and O–H groups in total. The predicted octanol–water partition coefficient (Wildman–Crippen LogP) is 2.04. The van der Waals surface area contributed by atoms with Crippen LogP contribution in [0.5, 0.6) is 0 Å². The molecular formula is C16H20N4O2. The SMILES string of the molecule is CC(C)C(=O)N1CCN(c2ccc(-c3ccco3)nn2)CC1. The van der Waals surface area contributed by atoms with Gasteiger partial charge in [0.05, 0.1) is 6.26 Å². The summed E-state index contributed by atoms with van der Waals surface area (Å²) in [4.78, 5) is 16.1. The zero-order valence-electron chi connectivity index (χ0n) is 12.9. The van der Waals surface area contributed by atoms with Crippen molar-refractivity contribution >= 4 is 11.7 Å². The van der Waals surface area contributed by atoms with Crippen molar-refractivity contribution in [1.82, 2.24) is 15.1 Å². The topological polar surface area (TPSA) is 62.5 Å². The number of furan rings is 1. The van der Waals surface area contributed by atoms with Crippen LogP contribution in [0, 0.1) is 5.92 Å². The number of rotatable bonds is 3. The standard InChI is InChI=1S/C16H20N4O2/c1-12(2)16(21)20-9-7-19(8-10-20)15-6-5-13(17-18-15)14-4-3-11-22-14/h3-6,11-12H,7-10H2,1-2H3. The first kappa shape index (κ1) is 14.6. The number of anilines is 1. The van der Waals surface area contributed by atoms with Gasteiger partial charge < -0.3 is 14.2 Å². The van der Waals surface area contributed by atoms with E-state index in [1.165, 1.54) is 0 Å². The summed E-state index contributed by atoms with van der Waals surface area (Å²) in [6.45, 7) is 6.92. The number of nitrogens with zero attached hydrogens (tertiary/aromatic N) is 4. The second kappa shape index (κ2) is 6.17. The van der Waals surface area contributed by atoms with Crippen LogP contribution in [0.15, 0.2) is 34.9 Å². The molecule has 1 amide bonds. The van der Waals surface area contributed by atoms with E-state index in [1.807, 2.05) is 43.0 Å². The van der Waals surface area contributed by atoms with E-state index in [9.17, 15) is 4.79 Å². The van der Waals surface area contributed by atoms with Gasteiger partial charge in [0.15, 0.2) is 11.6 Å². The first-order valence-corrected chi connectivity index (χ1v) is 7.56. The molecule has 0 radical (unpaired) electrons. The summed E-state index contributed by atoms with van der Waals surface area (Å²) in [5.41, 5.74) is 0.724. The molecule has 6 nitrogen and oxygen atoms in total. The smallest absolute Gasteiger partial charge is 0.225 e. The highest BCUT2D eigenvalue weighted by Gasteiger charge is 2.23. The Morgan fingerprint density at radius 2 is 1.91 bits per heavy atom. The van der Waals surface area contributed by atoms with Crippen LogP contribution < -0.4 is 4.90 Å². The maximum atomic E-state index is 12.0. The highest BCUT2D eigenvalue weighted by molar-refractivity contribution is 5.78. The van der Waals surface area contributed by atoms with E-state index < -0.39 is 0 Å². The summed E-state index contributed by atoms with van der Waals surface area (Å²) in [6, 6.07) is 7.55. The van der Waals surface area contributed by atoms with Crippen LogP contribution in [0.3, 0.4) is 0 Å². The number of piperazine rings is 1. The molecule has 22 heavy (non-hydrogen) atoms. The maximum absolute atomic E-state index is 12.0. The number of amides is 1. The van der Waals surface area contributed by atoms with Gasteiger partial charge in [-0.2, -0.15) is 0 Å². The molecule has 1 aliphatic rings. The van der Waals surface area contributed by atoms with Crippen LogP contribution in [0.1, 0.15) is 13.8 Å². The first-order valence-electron chi connectivity index (χ1n) is 7.56. The molecule has 6 heteroatoms. The highest BCUT2D eigenvalue weighted by atomic mass is 16.3. The van der Waals surface area contributed by atoms with Gasteiger partial charge in [-0.05, 0) is 24.3 Å². The minimum atomic E-state index is 0.0546. The van der Waals surface area contributed by atoms with E-state index in [-0.39, 0.29) is 11.8 Å². The lowest BCUT2D eigenvalue weighted by Crippen LogP contribution is -2.50. The van der Waals surface area contributed by atoms with Gasteiger partial charge in [-0.15, -0.1) is 10.2 Å². The monoisotopic (exact) mass is 300 g/mol. The summed E-state index contributed by atoms with van der Waals surface area (Å²) in [5, 5.41) is 8.49. The van der Waals surface area contributed by atoms with Crippen molar-refractivity contribution in [2.75, 3.05) is 31.1 Å². The molecular weight excluding hydrogens is 280 g/mol. The molecule has 0 bridgehead atoms. The van der Waals surface area contributed by atoms with Crippen molar-refractivity contribution in [2.24, 2.45) is 5.92 Å². The third-order valence-electron chi connectivity index (χ3n) is 3.83. The predicted molar refractivity (Wildman–Crippen MR) is 83.4 cm³/mol. The Labute approximate surface area is 129 Å². The van der Waals surface area contributed by atoms with Crippen molar-refractivity contribution in [3.8, 4) is 11.5 Å². The minimum absolute atomic E-state index is 0.0546. The van der Waals surface area contributed by atoms with Gasteiger partial charge in [-0.1, -0.05) is 13.8 Å². The number of carbonyl (C=O) groups excluding carboxylic acids is 1. The fraction of sp³-hybridized carbons (Fsp3) is 0.438. The zero-order chi connectivity index (χ0) is 15.5. The van der Waals surface area contributed by atoms with Gasteiger partial charge in [0.2, 0.25) is 5.91 Å².